The van der Waals surface area contributed by atoms with E-state index in [0.717, 1.165) is 19.5 Å². The smallest absolute Gasteiger partial charge is 0.316 e. The van der Waals surface area contributed by atoms with E-state index in [1.165, 1.54) is 12.8 Å². The Kier molecular flexibility index (Phi) is 4.61. The molecule has 2 aliphatic heterocycles. The molecule has 0 radical (unpaired) electrons. The molecule has 1 amide bonds. The fourth-order valence-corrected chi connectivity index (χ4v) is 3.67. The van der Waals surface area contributed by atoms with Gasteiger partial charge in [-0.05, 0) is 31.7 Å². The summed E-state index contributed by atoms with van der Waals surface area (Å²) in [6.07, 6.45) is 3.56. The molecule has 21 heavy (non-hydrogen) atoms. The second kappa shape index (κ2) is 5.95. The van der Waals surface area contributed by atoms with Crippen LogP contribution in [0.3, 0.4) is 0 Å². The van der Waals surface area contributed by atoms with Gasteiger partial charge in [0.15, 0.2) is 0 Å². The first-order chi connectivity index (χ1) is 9.71. The van der Waals surface area contributed by atoms with E-state index in [1.807, 2.05) is 32.6 Å². The minimum atomic E-state index is -1.01. The Morgan fingerprint density at radius 2 is 1.86 bits per heavy atom. The summed E-state index contributed by atoms with van der Waals surface area (Å²) in [6.45, 7) is 10.2. The molecule has 0 aromatic heterocycles. The summed E-state index contributed by atoms with van der Waals surface area (Å²) in [5, 5.41) is 9.47. The third-order valence-electron chi connectivity index (χ3n) is 4.83. The zero-order valence-corrected chi connectivity index (χ0v) is 13.6. The monoisotopic (exact) mass is 296 g/mol. The lowest BCUT2D eigenvalue weighted by atomic mass is 9.79. The molecule has 2 saturated heterocycles. The van der Waals surface area contributed by atoms with Crippen LogP contribution in [0.5, 0.6) is 0 Å². The number of rotatable bonds is 2. The minimum absolute atomic E-state index is 0.0936. The summed E-state index contributed by atoms with van der Waals surface area (Å²) < 4.78 is 0. The molecule has 5 heteroatoms. The molecule has 0 spiro atoms. The molecule has 1 N–H and O–H groups in total. The lowest BCUT2D eigenvalue weighted by Gasteiger charge is -2.48. The van der Waals surface area contributed by atoms with Crippen molar-refractivity contribution in [2.24, 2.45) is 11.3 Å². The van der Waals surface area contributed by atoms with Gasteiger partial charge in [-0.25, -0.2) is 0 Å². The first-order valence-corrected chi connectivity index (χ1v) is 7.99. The molecule has 0 saturated carbocycles. The van der Waals surface area contributed by atoms with Crippen molar-refractivity contribution in [3.05, 3.63) is 0 Å². The maximum atomic E-state index is 12.8. The van der Waals surface area contributed by atoms with Crippen LogP contribution in [0.4, 0.5) is 0 Å². The number of hydrogen-bond donors (Lipinski definition) is 1. The van der Waals surface area contributed by atoms with Crippen molar-refractivity contribution in [1.82, 2.24) is 9.80 Å². The van der Waals surface area contributed by atoms with Crippen molar-refractivity contribution in [2.45, 2.75) is 59.0 Å². The SMILES string of the molecule is CC1CN2CCCCC2CN1C(=O)C(C(=O)O)C(C)(C)C. The van der Waals surface area contributed by atoms with Crippen molar-refractivity contribution < 1.29 is 14.7 Å². The average Bonchev–Trinajstić information content (AvgIpc) is 2.35. The summed E-state index contributed by atoms with van der Waals surface area (Å²) in [4.78, 5) is 28.6. The number of aliphatic carboxylic acids is 1. The van der Waals surface area contributed by atoms with Crippen LogP contribution in [0.2, 0.25) is 0 Å². The fraction of sp³-hybridized carbons (Fsp3) is 0.875. The Morgan fingerprint density at radius 1 is 1.19 bits per heavy atom. The molecule has 3 atom stereocenters. The van der Waals surface area contributed by atoms with E-state index in [4.69, 9.17) is 0 Å². The van der Waals surface area contributed by atoms with Gasteiger partial charge in [-0.3, -0.25) is 14.5 Å². The zero-order valence-electron chi connectivity index (χ0n) is 13.6. The molecule has 120 valence electrons. The van der Waals surface area contributed by atoms with Crippen LogP contribution in [-0.2, 0) is 9.59 Å². The number of fused-ring (bicyclic) bond motifs is 1. The van der Waals surface area contributed by atoms with Gasteiger partial charge in [-0.1, -0.05) is 27.2 Å². The number of hydrogen-bond acceptors (Lipinski definition) is 3. The van der Waals surface area contributed by atoms with E-state index in [0.29, 0.717) is 12.6 Å². The third-order valence-corrected chi connectivity index (χ3v) is 4.83. The number of carbonyl (C=O) groups excluding carboxylic acids is 1. The van der Waals surface area contributed by atoms with E-state index in [1.54, 1.807) is 0 Å². The van der Waals surface area contributed by atoms with Gasteiger partial charge in [0.2, 0.25) is 5.91 Å². The van der Waals surface area contributed by atoms with Crippen LogP contribution in [-0.4, -0.2) is 58.5 Å². The van der Waals surface area contributed by atoms with Gasteiger partial charge in [0.05, 0.1) is 0 Å². The number of nitrogens with zero attached hydrogens (tertiary/aromatic N) is 2. The molecule has 3 unspecified atom stereocenters. The maximum absolute atomic E-state index is 12.8. The van der Waals surface area contributed by atoms with E-state index >= 15 is 0 Å². The fourth-order valence-electron chi connectivity index (χ4n) is 3.67. The van der Waals surface area contributed by atoms with Gasteiger partial charge in [-0.2, -0.15) is 0 Å². The largest absolute Gasteiger partial charge is 0.481 e. The van der Waals surface area contributed by atoms with Crippen LogP contribution in [0.25, 0.3) is 0 Å². The number of carboxylic acid groups (broad SMARTS) is 1. The molecule has 5 nitrogen and oxygen atoms in total. The van der Waals surface area contributed by atoms with Gasteiger partial charge in [-0.15, -0.1) is 0 Å². The Bertz CT molecular complexity index is 416. The van der Waals surface area contributed by atoms with E-state index in [-0.39, 0.29) is 11.9 Å². The Hall–Kier alpha value is -1.10. The summed E-state index contributed by atoms with van der Waals surface area (Å²) in [6, 6.07) is 0.504. The lowest BCUT2D eigenvalue weighted by Crippen LogP contribution is -2.62. The minimum Gasteiger partial charge on any atom is -0.481 e. The van der Waals surface area contributed by atoms with Gasteiger partial charge < -0.3 is 10.0 Å². The predicted molar refractivity (Wildman–Crippen MR) is 81.0 cm³/mol. The number of carbonyl (C=O) groups is 2. The summed E-state index contributed by atoms with van der Waals surface area (Å²) in [7, 11) is 0. The Morgan fingerprint density at radius 3 is 2.43 bits per heavy atom. The summed E-state index contributed by atoms with van der Waals surface area (Å²) in [5.41, 5.74) is -0.563. The second-order valence-electron chi connectivity index (χ2n) is 7.62. The van der Waals surface area contributed by atoms with Crippen LogP contribution < -0.4 is 0 Å². The predicted octanol–water partition coefficient (Wildman–Crippen LogP) is 1.82. The first-order valence-electron chi connectivity index (χ1n) is 7.99. The van der Waals surface area contributed by atoms with Gasteiger partial charge in [0.1, 0.15) is 5.92 Å². The number of piperazine rings is 1. The van der Waals surface area contributed by atoms with Gasteiger partial charge in [0.25, 0.3) is 0 Å². The third kappa shape index (κ3) is 3.39. The molecule has 0 aromatic carbocycles. The summed E-state index contributed by atoms with van der Waals surface area (Å²) in [5.74, 6) is -2.19. The molecule has 2 fully saturated rings. The van der Waals surface area contributed by atoms with Crippen LogP contribution in [0.1, 0.15) is 47.0 Å². The molecule has 0 bridgehead atoms. The Labute approximate surface area is 127 Å². The average molecular weight is 296 g/mol. The lowest BCUT2D eigenvalue weighted by molar-refractivity contribution is -0.159. The van der Waals surface area contributed by atoms with Gasteiger partial charge >= 0.3 is 5.97 Å². The molecule has 2 aliphatic rings. The highest BCUT2D eigenvalue weighted by Gasteiger charge is 2.44. The topological polar surface area (TPSA) is 60.9 Å². The highest BCUT2D eigenvalue weighted by Crippen LogP contribution is 2.31. The molecular weight excluding hydrogens is 268 g/mol. The summed E-state index contributed by atoms with van der Waals surface area (Å²) >= 11 is 0. The molecule has 0 aromatic rings. The highest BCUT2D eigenvalue weighted by atomic mass is 16.4. The maximum Gasteiger partial charge on any atom is 0.316 e. The normalized spacial score (nSPS) is 28.9. The van der Waals surface area contributed by atoms with Crippen LogP contribution in [0.15, 0.2) is 0 Å². The number of piperidine rings is 1. The second-order valence-corrected chi connectivity index (χ2v) is 7.62. The Balaban J connectivity index is 2.15. The zero-order chi connectivity index (χ0) is 15.8. The van der Waals surface area contributed by atoms with Crippen molar-refractivity contribution in [2.75, 3.05) is 19.6 Å². The number of carboxylic acids is 1. The van der Waals surface area contributed by atoms with Crippen molar-refractivity contribution in [3.8, 4) is 0 Å². The van der Waals surface area contributed by atoms with Crippen molar-refractivity contribution in [1.29, 1.82) is 0 Å². The molecule has 2 rings (SSSR count). The number of amides is 1. The van der Waals surface area contributed by atoms with Crippen molar-refractivity contribution >= 4 is 11.9 Å². The van der Waals surface area contributed by atoms with Gasteiger partial charge in [0, 0.05) is 25.2 Å². The molecular formula is C16H28N2O3. The van der Waals surface area contributed by atoms with Crippen molar-refractivity contribution in [3.63, 3.8) is 0 Å². The van der Waals surface area contributed by atoms with E-state index in [2.05, 4.69) is 4.90 Å². The van der Waals surface area contributed by atoms with E-state index < -0.39 is 17.3 Å². The quantitative estimate of drug-likeness (QED) is 0.790. The van der Waals surface area contributed by atoms with Crippen LogP contribution >= 0.6 is 0 Å². The standard InChI is InChI=1S/C16H28N2O3/c1-11-9-17-8-6-5-7-12(17)10-18(11)14(19)13(15(20)21)16(2,3)4/h11-13H,5-10H2,1-4H3,(H,20,21). The molecule has 2 heterocycles. The van der Waals surface area contributed by atoms with E-state index in [9.17, 15) is 14.7 Å². The first kappa shape index (κ1) is 16.3. The molecule has 0 aliphatic carbocycles. The van der Waals surface area contributed by atoms with Crippen LogP contribution in [0, 0.1) is 11.3 Å². The highest BCUT2D eigenvalue weighted by molar-refractivity contribution is 5.98.